The highest BCUT2D eigenvalue weighted by Crippen LogP contribution is 2.28. The van der Waals surface area contributed by atoms with E-state index in [0.717, 1.165) is 0 Å². The van der Waals surface area contributed by atoms with Crippen molar-refractivity contribution < 1.29 is 13.7 Å². The number of aromatic nitrogens is 1. The van der Waals surface area contributed by atoms with Gasteiger partial charge in [-0.1, -0.05) is 11.2 Å². The number of nitrogen functional groups attached to an aromatic ring is 1. The molecule has 0 aliphatic carbocycles. The van der Waals surface area contributed by atoms with Gasteiger partial charge in [-0.2, -0.15) is 0 Å². The molecule has 0 saturated heterocycles. The zero-order valence-corrected chi connectivity index (χ0v) is 8.03. The SMILES string of the molecule is COc1ccc(-c2conc2N)cc1F. The minimum atomic E-state index is -0.449. The van der Waals surface area contributed by atoms with Gasteiger partial charge in [-0.3, -0.25) is 0 Å². The van der Waals surface area contributed by atoms with Gasteiger partial charge < -0.3 is 15.0 Å². The summed E-state index contributed by atoms with van der Waals surface area (Å²) in [7, 11) is 1.41. The molecule has 0 spiro atoms. The average molecular weight is 208 g/mol. The Bertz CT molecular complexity index is 482. The van der Waals surface area contributed by atoms with Crippen molar-refractivity contribution in [3.63, 3.8) is 0 Å². The first-order valence-electron chi connectivity index (χ1n) is 4.26. The average Bonchev–Trinajstić information content (AvgIpc) is 2.64. The van der Waals surface area contributed by atoms with Crippen LogP contribution in [0.4, 0.5) is 10.2 Å². The summed E-state index contributed by atoms with van der Waals surface area (Å²) >= 11 is 0. The fraction of sp³-hybridized carbons (Fsp3) is 0.100. The zero-order chi connectivity index (χ0) is 10.8. The van der Waals surface area contributed by atoms with Crippen LogP contribution >= 0.6 is 0 Å². The largest absolute Gasteiger partial charge is 0.494 e. The molecule has 2 N–H and O–H groups in total. The molecule has 1 aromatic carbocycles. The smallest absolute Gasteiger partial charge is 0.174 e. The van der Waals surface area contributed by atoms with Gasteiger partial charge in [0.15, 0.2) is 17.4 Å². The molecular weight excluding hydrogens is 199 g/mol. The lowest BCUT2D eigenvalue weighted by atomic mass is 10.1. The summed E-state index contributed by atoms with van der Waals surface area (Å²) in [5.74, 6) is -0.0241. The first kappa shape index (κ1) is 9.51. The van der Waals surface area contributed by atoms with E-state index in [9.17, 15) is 4.39 Å². The highest BCUT2D eigenvalue weighted by Gasteiger charge is 2.09. The molecule has 4 nitrogen and oxygen atoms in total. The van der Waals surface area contributed by atoms with Gasteiger partial charge in [0, 0.05) is 0 Å². The molecule has 0 saturated carbocycles. The molecule has 0 aliphatic heterocycles. The van der Waals surface area contributed by atoms with Crippen LogP contribution in [0.3, 0.4) is 0 Å². The Morgan fingerprint density at radius 2 is 2.27 bits per heavy atom. The molecule has 0 aliphatic rings. The molecule has 15 heavy (non-hydrogen) atoms. The summed E-state index contributed by atoms with van der Waals surface area (Å²) in [4.78, 5) is 0. The van der Waals surface area contributed by atoms with Crippen molar-refractivity contribution in [1.82, 2.24) is 5.16 Å². The first-order valence-corrected chi connectivity index (χ1v) is 4.26. The lowest BCUT2D eigenvalue weighted by Crippen LogP contribution is -1.90. The van der Waals surface area contributed by atoms with Crippen LogP contribution in [0.2, 0.25) is 0 Å². The summed E-state index contributed by atoms with van der Waals surface area (Å²) in [5, 5.41) is 3.51. The molecule has 0 fully saturated rings. The third-order valence-electron chi connectivity index (χ3n) is 2.06. The second-order valence-electron chi connectivity index (χ2n) is 2.96. The molecule has 2 aromatic rings. The number of halogens is 1. The van der Waals surface area contributed by atoms with Crippen LogP contribution in [0.15, 0.2) is 29.0 Å². The number of benzene rings is 1. The van der Waals surface area contributed by atoms with Crippen LogP contribution in [-0.4, -0.2) is 12.3 Å². The number of rotatable bonds is 2. The third kappa shape index (κ3) is 1.63. The number of ether oxygens (including phenoxy) is 1. The maximum absolute atomic E-state index is 13.4. The predicted octanol–water partition coefficient (Wildman–Crippen LogP) is 2.07. The van der Waals surface area contributed by atoms with Gasteiger partial charge in [0.25, 0.3) is 0 Å². The predicted molar refractivity (Wildman–Crippen MR) is 52.9 cm³/mol. The normalized spacial score (nSPS) is 10.3. The van der Waals surface area contributed by atoms with Gasteiger partial charge in [-0.15, -0.1) is 0 Å². The van der Waals surface area contributed by atoms with Crippen LogP contribution < -0.4 is 10.5 Å². The van der Waals surface area contributed by atoms with Crippen LogP contribution in [0, 0.1) is 5.82 Å². The van der Waals surface area contributed by atoms with E-state index < -0.39 is 5.82 Å². The molecular formula is C10H9FN2O2. The summed E-state index contributed by atoms with van der Waals surface area (Å²) < 4.78 is 22.8. The fourth-order valence-electron chi connectivity index (χ4n) is 1.30. The van der Waals surface area contributed by atoms with E-state index in [1.807, 2.05) is 0 Å². The summed E-state index contributed by atoms with van der Waals surface area (Å²) in [6.07, 6.45) is 1.37. The van der Waals surface area contributed by atoms with Crippen LogP contribution in [0.5, 0.6) is 5.75 Å². The van der Waals surface area contributed by atoms with Gasteiger partial charge in [0.05, 0.1) is 12.7 Å². The Balaban J connectivity index is 2.47. The number of anilines is 1. The lowest BCUT2D eigenvalue weighted by Gasteiger charge is -2.03. The van der Waals surface area contributed by atoms with Gasteiger partial charge in [-0.25, -0.2) is 4.39 Å². The Morgan fingerprint density at radius 3 is 2.80 bits per heavy atom. The molecule has 0 radical (unpaired) electrons. The standard InChI is InChI=1S/C10H9FN2O2/c1-14-9-3-2-6(4-8(9)11)7-5-15-13-10(7)12/h2-5H,1H3,(H2,12,13). The molecule has 78 valence electrons. The van der Waals surface area contributed by atoms with E-state index in [4.69, 9.17) is 10.5 Å². The van der Waals surface area contributed by atoms with Crippen molar-refractivity contribution in [2.75, 3.05) is 12.8 Å². The number of methoxy groups -OCH3 is 1. The Kier molecular flexibility index (Phi) is 2.29. The van der Waals surface area contributed by atoms with Crippen molar-refractivity contribution in [3.8, 4) is 16.9 Å². The zero-order valence-electron chi connectivity index (χ0n) is 8.03. The minimum Gasteiger partial charge on any atom is -0.494 e. The molecule has 0 unspecified atom stereocenters. The Morgan fingerprint density at radius 1 is 1.47 bits per heavy atom. The summed E-state index contributed by atoms with van der Waals surface area (Å²) in [6, 6.07) is 4.53. The molecule has 1 heterocycles. The summed E-state index contributed by atoms with van der Waals surface area (Å²) in [6.45, 7) is 0. The monoisotopic (exact) mass is 208 g/mol. The molecule has 0 bridgehead atoms. The lowest BCUT2D eigenvalue weighted by molar-refractivity contribution is 0.386. The molecule has 0 atom stereocenters. The highest BCUT2D eigenvalue weighted by atomic mass is 19.1. The molecule has 2 rings (SSSR count). The number of hydrogen-bond acceptors (Lipinski definition) is 4. The van der Waals surface area contributed by atoms with E-state index in [0.29, 0.717) is 11.1 Å². The minimum absolute atomic E-state index is 0.189. The third-order valence-corrected chi connectivity index (χ3v) is 2.06. The highest BCUT2D eigenvalue weighted by molar-refractivity contribution is 5.72. The van der Waals surface area contributed by atoms with Crippen molar-refractivity contribution in [2.45, 2.75) is 0 Å². The van der Waals surface area contributed by atoms with E-state index >= 15 is 0 Å². The molecule has 1 aromatic heterocycles. The Labute approximate surface area is 85.4 Å². The number of hydrogen-bond donors (Lipinski definition) is 1. The second-order valence-corrected chi connectivity index (χ2v) is 2.96. The first-order chi connectivity index (χ1) is 7.22. The Hall–Kier alpha value is -2.04. The van der Waals surface area contributed by atoms with Crippen molar-refractivity contribution in [3.05, 3.63) is 30.3 Å². The van der Waals surface area contributed by atoms with Crippen LogP contribution in [-0.2, 0) is 0 Å². The van der Waals surface area contributed by atoms with Gasteiger partial charge >= 0.3 is 0 Å². The number of nitrogens with zero attached hydrogens (tertiary/aromatic N) is 1. The van der Waals surface area contributed by atoms with E-state index in [1.54, 1.807) is 6.07 Å². The van der Waals surface area contributed by atoms with Crippen LogP contribution in [0.1, 0.15) is 0 Å². The summed E-state index contributed by atoms with van der Waals surface area (Å²) in [5.41, 5.74) is 6.70. The number of nitrogens with two attached hydrogens (primary N) is 1. The molecule has 0 amide bonds. The van der Waals surface area contributed by atoms with Crippen molar-refractivity contribution in [2.24, 2.45) is 0 Å². The maximum Gasteiger partial charge on any atom is 0.174 e. The van der Waals surface area contributed by atoms with E-state index in [1.165, 1.54) is 25.5 Å². The van der Waals surface area contributed by atoms with E-state index in [2.05, 4.69) is 9.68 Å². The maximum atomic E-state index is 13.4. The van der Waals surface area contributed by atoms with E-state index in [-0.39, 0.29) is 11.6 Å². The van der Waals surface area contributed by atoms with Gasteiger partial charge in [-0.05, 0) is 17.7 Å². The topological polar surface area (TPSA) is 61.3 Å². The van der Waals surface area contributed by atoms with Crippen molar-refractivity contribution >= 4 is 5.82 Å². The quantitative estimate of drug-likeness (QED) is 0.820. The second kappa shape index (κ2) is 3.61. The van der Waals surface area contributed by atoms with Crippen LogP contribution in [0.25, 0.3) is 11.1 Å². The van der Waals surface area contributed by atoms with Gasteiger partial charge in [0.2, 0.25) is 0 Å². The molecule has 5 heteroatoms. The fourth-order valence-corrected chi connectivity index (χ4v) is 1.30. The van der Waals surface area contributed by atoms with Crippen molar-refractivity contribution in [1.29, 1.82) is 0 Å². The van der Waals surface area contributed by atoms with Gasteiger partial charge in [0.1, 0.15) is 6.26 Å².